The highest BCUT2D eigenvalue weighted by Gasteiger charge is 2.30. The van der Waals surface area contributed by atoms with Crippen molar-refractivity contribution in [2.75, 3.05) is 5.73 Å². The number of fused-ring (bicyclic) bond motifs is 1. The van der Waals surface area contributed by atoms with Crippen molar-refractivity contribution in [3.63, 3.8) is 0 Å². The number of nitrogens with one attached hydrogen (secondary N) is 1. The van der Waals surface area contributed by atoms with Gasteiger partial charge in [0, 0.05) is 20.1 Å². The summed E-state index contributed by atoms with van der Waals surface area (Å²) >= 11 is 4.98. The summed E-state index contributed by atoms with van der Waals surface area (Å²) in [5, 5.41) is 4.15. The van der Waals surface area contributed by atoms with E-state index in [-0.39, 0.29) is 11.4 Å². The molecule has 1 saturated carbocycles. The molecule has 0 unspecified atom stereocenters. The van der Waals surface area contributed by atoms with Gasteiger partial charge in [-0.3, -0.25) is 4.79 Å². The Labute approximate surface area is 137 Å². The van der Waals surface area contributed by atoms with E-state index in [9.17, 15) is 4.79 Å². The molecule has 1 amide bonds. The molecule has 1 aromatic heterocycles. The maximum atomic E-state index is 12.6. The molecule has 0 radical (unpaired) electrons. The molecule has 3 N–H and O–H groups in total. The quantitative estimate of drug-likeness (QED) is 0.809. The Morgan fingerprint density at radius 1 is 1.33 bits per heavy atom. The van der Waals surface area contributed by atoms with Crippen molar-refractivity contribution < 1.29 is 4.79 Å². The molecule has 3 nitrogen and oxygen atoms in total. The summed E-state index contributed by atoms with van der Waals surface area (Å²) in [5.74, 6) is -0.0370. The van der Waals surface area contributed by atoms with Crippen LogP contribution in [0, 0.1) is 0 Å². The van der Waals surface area contributed by atoms with Gasteiger partial charge in [0.05, 0.1) is 5.69 Å². The minimum Gasteiger partial charge on any atom is -0.397 e. The second-order valence-corrected chi connectivity index (χ2v) is 7.94. The van der Waals surface area contributed by atoms with Crippen LogP contribution < -0.4 is 11.1 Å². The van der Waals surface area contributed by atoms with Crippen molar-refractivity contribution in [1.82, 2.24) is 5.32 Å². The predicted octanol–water partition coefficient (Wildman–Crippen LogP) is 4.70. The monoisotopic (exact) mass is 366 g/mol. The summed E-state index contributed by atoms with van der Waals surface area (Å²) in [6, 6.07) is 5.92. The molecule has 0 saturated heterocycles. The lowest BCUT2D eigenvalue weighted by Crippen LogP contribution is -2.47. The van der Waals surface area contributed by atoms with Gasteiger partial charge < -0.3 is 11.1 Å². The van der Waals surface area contributed by atoms with Crippen LogP contribution in [0.15, 0.2) is 22.7 Å². The lowest BCUT2D eigenvalue weighted by atomic mass is 9.83. The lowest BCUT2D eigenvalue weighted by Gasteiger charge is -2.34. The van der Waals surface area contributed by atoms with E-state index in [4.69, 9.17) is 5.73 Å². The Morgan fingerprint density at radius 3 is 2.71 bits per heavy atom. The Bertz CT molecular complexity index is 689. The Morgan fingerprint density at radius 2 is 2.05 bits per heavy atom. The summed E-state index contributed by atoms with van der Waals surface area (Å²) in [6.45, 7) is 2.14. The summed E-state index contributed by atoms with van der Waals surface area (Å²) in [7, 11) is 0. The molecule has 0 aliphatic heterocycles. The molecular weight excluding hydrogens is 348 g/mol. The molecule has 2 aromatic rings. The van der Waals surface area contributed by atoms with Gasteiger partial charge in [0.1, 0.15) is 4.88 Å². The van der Waals surface area contributed by atoms with Gasteiger partial charge in [-0.15, -0.1) is 11.3 Å². The van der Waals surface area contributed by atoms with Crippen molar-refractivity contribution in [2.45, 2.75) is 44.6 Å². The van der Waals surface area contributed by atoms with E-state index < -0.39 is 0 Å². The molecule has 1 aromatic carbocycles. The molecule has 0 spiro atoms. The molecule has 0 bridgehead atoms. The van der Waals surface area contributed by atoms with Crippen molar-refractivity contribution in [3.8, 4) is 0 Å². The number of nitrogen functional groups attached to an aromatic ring is 1. The summed E-state index contributed by atoms with van der Waals surface area (Å²) < 4.78 is 1.98. The van der Waals surface area contributed by atoms with Gasteiger partial charge in [-0.2, -0.15) is 0 Å². The molecule has 1 aliphatic carbocycles. The van der Waals surface area contributed by atoms with Crippen LogP contribution in [0.25, 0.3) is 10.1 Å². The average Bonchev–Trinajstić information content (AvgIpc) is 2.78. The third-order valence-electron chi connectivity index (χ3n) is 4.28. The van der Waals surface area contributed by atoms with Crippen molar-refractivity contribution in [1.29, 1.82) is 0 Å². The maximum absolute atomic E-state index is 12.6. The van der Waals surface area contributed by atoms with Gasteiger partial charge in [0.25, 0.3) is 5.91 Å². The standard InChI is InChI=1S/C16H19BrN2OS/c1-16(8-3-2-4-9-16)19-15(20)14-13(18)12-10(17)6-5-7-11(12)21-14/h5-7H,2-4,8-9,18H2,1H3,(H,19,20). The molecular formula is C16H19BrN2OS. The number of thiophene rings is 1. The lowest BCUT2D eigenvalue weighted by molar-refractivity contribution is 0.0888. The highest BCUT2D eigenvalue weighted by atomic mass is 79.9. The van der Waals surface area contributed by atoms with Gasteiger partial charge in [0.15, 0.2) is 0 Å². The van der Waals surface area contributed by atoms with Crippen LogP contribution in [0.4, 0.5) is 5.69 Å². The van der Waals surface area contributed by atoms with Crippen molar-refractivity contribution in [2.24, 2.45) is 0 Å². The normalized spacial score (nSPS) is 17.8. The first-order valence-corrected chi connectivity index (χ1v) is 8.90. The summed E-state index contributed by atoms with van der Waals surface area (Å²) in [6.07, 6.45) is 5.73. The van der Waals surface area contributed by atoms with E-state index in [1.54, 1.807) is 0 Å². The Hall–Kier alpha value is -1.07. The first-order valence-electron chi connectivity index (χ1n) is 7.29. The topological polar surface area (TPSA) is 55.1 Å². The minimum atomic E-state index is -0.0881. The highest BCUT2D eigenvalue weighted by molar-refractivity contribution is 9.10. The highest BCUT2D eigenvalue weighted by Crippen LogP contribution is 2.38. The Kier molecular flexibility index (Phi) is 3.97. The van der Waals surface area contributed by atoms with Gasteiger partial charge in [0.2, 0.25) is 0 Å². The summed E-state index contributed by atoms with van der Waals surface area (Å²) in [5.41, 5.74) is 6.70. The number of hydrogen-bond acceptors (Lipinski definition) is 3. The maximum Gasteiger partial charge on any atom is 0.263 e. The Balaban J connectivity index is 1.91. The van der Waals surface area contributed by atoms with Crippen LogP contribution in [-0.2, 0) is 0 Å². The van der Waals surface area contributed by atoms with Crippen LogP contribution in [-0.4, -0.2) is 11.4 Å². The number of nitrogens with two attached hydrogens (primary N) is 1. The molecule has 5 heteroatoms. The van der Waals surface area contributed by atoms with Crippen LogP contribution in [0.3, 0.4) is 0 Å². The number of anilines is 1. The third kappa shape index (κ3) is 2.81. The van der Waals surface area contributed by atoms with E-state index in [0.717, 1.165) is 27.4 Å². The van der Waals surface area contributed by atoms with Crippen LogP contribution in [0.1, 0.15) is 48.7 Å². The van der Waals surface area contributed by atoms with E-state index in [0.29, 0.717) is 10.6 Å². The van der Waals surface area contributed by atoms with Crippen LogP contribution >= 0.6 is 27.3 Å². The average molecular weight is 367 g/mol. The number of benzene rings is 1. The minimum absolute atomic E-state index is 0.0370. The predicted molar refractivity (Wildman–Crippen MR) is 92.9 cm³/mol. The number of amides is 1. The molecule has 0 atom stereocenters. The molecule has 21 heavy (non-hydrogen) atoms. The van der Waals surface area contributed by atoms with Gasteiger partial charge in [-0.05, 0) is 31.9 Å². The SMILES string of the molecule is CC1(NC(=O)c2sc3cccc(Br)c3c2N)CCCCC1. The number of carbonyl (C=O) groups is 1. The zero-order valence-electron chi connectivity index (χ0n) is 12.0. The summed E-state index contributed by atoms with van der Waals surface area (Å²) in [4.78, 5) is 13.3. The zero-order chi connectivity index (χ0) is 15.0. The smallest absolute Gasteiger partial charge is 0.263 e. The fourth-order valence-corrected chi connectivity index (χ4v) is 4.84. The first kappa shape index (κ1) is 14.9. The van der Waals surface area contributed by atoms with Crippen LogP contribution in [0.5, 0.6) is 0 Å². The fourth-order valence-electron chi connectivity index (χ4n) is 3.09. The zero-order valence-corrected chi connectivity index (χ0v) is 14.4. The second-order valence-electron chi connectivity index (χ2n) is 6.03. The molecule has 1 heterocycles. The molecule has 3 rings (SSSR count). The van der Waals surface area contributed by atoms with Gasteiger partial charge >= 0.3 is 0 Å². The number of halogens is 1. The van der Waals surface area contributed by atoms with E-state index >= 15 is 0 Å². The molecule has 1 aliphatic rings. The fraction of sp³-hybridized carbons (Fsp3) is 0.438. The van der Waals surface area contributed by atoms with E-state index in [1.807, 2.05) is 18.2 Å². The van der Waals surface area contributed by atoms with E-state index in [2.05, 4.69) is 28.2 Å². The second kappa shape index (κ2) is 5.61. The number of rotatable bonds is 2. The molecule has 112 valence electrons. The van der Waals surface area contributed by atoms with Crippen molar-refractivity contribution in [3.05, 3.63) is 27.5 Å². The largest absolute Gasteiger partial charge is 0.397 e. The van der Waals surface area contributed by atoms with Crippen LogP contribution in [0.2, 0.25) is 0 Å². The van der Waals surface area contributed by atoms with Gasteiger partial charge in [-0.1, -0.05) is 41.3 Å². The third-order valence-corrected chi connectivity index (χ3v) is 6.11. The van der Waals surface area contributed by atoms with E-state index in [1.165, 1.54) is 30.6 Å². The number of carbonyl (C=O) groups excluding carboxylic acids is 1. The molecule has 1 fully saturated rings. The van der Waals surface area contributed by atoms with Gasteiger partial charge in [-0.25, -0.2) is 0 Å². The van der Waals surface area contributed by atoms with Crippen molar-refractivity contribution >= 4 is 48.9 Å². The number of hydrogen-bond donors (Lipinski definition) is 2. The first-order chi connectivity index (χ1) is 10.0.